The minimum Gasteiger partial charge on any atom is -0.397 e. The number of aromatic nitrogens is 1. The number of nitrogens with zero attached hydrogens (tertiary/aromatic N) is 2. The van der Waals surface area contributed by atoms with Gasteiger partial charge in [-0.2, -0.15) is 0 Å². The molecule has 0 bridgehead atoms. The smallest absolute Gasteiger partial charge is 0.319 e. The van der Waals surface area contributed by atoms with E-state index in [9.17, 15) is 14.0 Å². The van der Waals surface area contributed by atoms with E-state index in [-0.39, 0.29) is 23.5 Å². The van der Waals surface area contributed by atoms with Gasteiger partial charge in [0.25, 0.3) is 5.91 Å². The average molecular weight is 493 g/mol. The molecule has 3 amide bonds. The molecule has 1 aromatic heterocycles. The van der Waals surface area contributed by atoms with Gasteiger partial charge in [0.2, 0.25) is 0 Å². The van der Waals surface area contributed by atoms with E-state index >= 15 is 0 Å². The number of urea groups is 1. The molecule has 8 nitrogen and oxygen atoms in total. The zero-order valence-corrected chi connectivity index (χ0v) is 20.6. The fourth-order valence-electron chi connectivity index (χ4n) is 3.78. The Bertz CT molecular complexity index is 1130. The number of anilines is 3. The lowest BCUT2D eigenvalue weighted by Crippen LogP contribution is -2.33. The van der Waals surface area contributed by atoms with Crippen molar-refractivity contribution in [2.45, 2.75) is 32.7 Å². The van der Waals surface area contributed by atoms with Crippen molar-refractivity contribution in [2.24, 2.45) is 0 Å². The van der Waals surface area contributed by atoms with E-state index in [1.807, 2.05) is 0 Å². The van der Waals surface area contributed by atoms with Gasteiger partial charge in [0.05, 0.1) is 17.4 Å². The quantitative estimate of drug-likeness (QED) is 0.280. The SMILES string of the molecule is CCN(CC)CCCC(NC(=O)Nc1ccc(F)cc1)c1ccc(C(=O)Nc2ccccc2N)nc1. The molecule has 0 aliphatic rings. The van der Waals surface area contributed by atoms with Crippen LogP contribution in [0.2, 0.25) is 0 Å². The zero-order chi connectivity index (χ0) is 25.9. The fraction of sp³-hybridized carbons (Fsp3) is 0.296. The summed E-state index contributed by atoms with van der Waals surface area (Å²) in [5.41, 5.74) is 8.38. The number of pyridine rings is 1. The third-order valence-corrected chi connectivity index (χ3v) is 5.90. The van der Waals surface area contributed by atoms with Gasteiger partial charge in [0, 0.05) is 11.9 Å². The van der Waals surface area contributed by atoms with Crippen LogP contribution in [0.25, 0.3) is 0 Å². The van der Waals surface area contributed by atoms with Crippen molar-refractivity contribution < 1.29 is 14.0 Å². The van der Waals surface area contributed by atoms with Crippen molar-refractivity contribution >= 4 is 29.0 Å². The first-order chi connectivity index (χ1) is 17.4. The van der Waals surface area contributed by atoms with Crippen LogP contribution in [0.4, 0.5) is 26.2 Å². The van der Waals surface area contributed by atoms with Gasteiger partial charge >= 0.3 is 6.03 Å². The molecule has 0 radical (unpaired) electrons. The summed E-state index contributed by atoms with van der Waals surface area (Å²) in [7, 11) is 0. The maximum Gasteiger partial charge on any atom is 0.319 e. The van der Waals surface area contributed by atoms with Gasteiger partial charge in [0.1, 0.15) is 11.5 Å². The predicted octanol–water partition coefficient (Wildman–Crippen LogP) is 5.04. The Morgan fingerprint density at radius 2 is 1.72 bits per heavy atom. The number of hydrogen-bond acceptors (Lipinski definition) is 5. The van der Waals surface area contributed by atoms with E-state index in [4.69, 9.17) is 5.73 Å². The summed E-state index contributed by atoms with van der Waals surface area (Å²) in [5, 5.41) is 8.47. The number of carbonyl (C=O) groups is 2. The summed E-state index contributed by atoms with van der Waals surface area (Å²) < 4.78 is 13.2. The van der Waals surface area contributed by atoms with E-state index in [0.29, 0.717) is 23.5 Å². The topological polar surface area (TPSA) is 112 Å². The number of nitrogen functional groups attached to an aromatic ring is 1. The van der Waals surface area contributed by atoms with E-state index in [1.54, 1.807) is 42.6 Å². The van der Waals surface area contributed by atoms with Gasteiger partial charge < -0.3 is 26.6 Å². The standard InChI is InChI=1S/C27H33FN6O2/c1-3-34(4-2)17-7-10-23(33-27(36)31-21-14-12-20(28)13-15-21)19-11-16-25(30-18-19)26(35)32-24-9-6-5-8-22(24)29/h5-6,8-9,11-16,18,23H,3-4,7,10,17,29H2,1-2H3,(H,32,35)(H2,31,33,36). The molecule has 0 spiro atoms. The molecule has 1 heterocycles. The summed E-state index contributed by atoms with van der Waals surface area (Å²) in [4.78, 5) is 31.9. The highest BCUT2D eigenvalue weighted by Crippen LogP contribution is 2.21. The molecule has 0 saturated carbocycles. The molecule has 0 aliphatic carbocycles. The van der Waals surface area contributed by atoms with Crippen LogP contribution in [-0.2, 0) is 0 Å². The highest BCUT2D eigenvalue weighted by molar-refractivity contribution is 6.04. The Balaban J connectivity index is 1.70. The molecule has 1 atom stereocenters. The molecule has 190 valence electrons. The Hall–Kier alpha value is -3.98. The number of rotatable bonds is 11. The monoisotopic (exact) mass is 492 g/mol. The molecule has 3 rings (SSSR count). The Morgan fingerprint density at radius 3 is 2.36 bits per heavy atom. The van der Waals surface area contributed by atoms with Crippen molar-refractivity contribution in [1.29, 1.82) is 0 Å². The summed E-state index contributed by atoms with van der Waals surface area (Å²) >= 11 is 0. The molecule has 2 aromatic carbocycles. The molecule has 36 heavy (non-hydrogen) atoms. The molecule has 0 fully saturated rings. The van der Waals surface area contributed by atoms with E-state index in [2.05, 4.69) is 39.7 Å². The maximum atomic E-state index is 13.2. The van der Waals surface area contributed by atoms with E-state index in [1.165, 1.54) is 24.3 Å². The lowest BCUT2D eigenvalue weighted by molar-refractivity contribution is 0.102. The summed E-state index contributed by atoms with van der Waals surface area (Å²) in [6.45, 7) is 7.04. The summed E-state index contributed by atoms with van der Waals surface area (Å²) in [6.07, 6.45) is 3.14. The normalized spacial score (nSPS) is 11.7. The van der Waals surface area contributed by atoms with Crippen molar-refractivity contribution in [3.63, 3.8) is 0 Å². The van der Waals surface area contributed by atoms with Gasteiger partial charge in [-0.25, -0.2) is 9.18 Å². The van der Waals surface area contributed by atoms with Crippen LogP contribution in [0, 0.1) is 5.82 Å². The van der Waals surface area contributed by atoms with Crippen LogP contribution in [0.5, 0.6) is 0 Å². The minimum absolute atomic E-state index is 0.236. The van der Waals surface area contributed by atoms with Crippen molar-refractivity contribution in [2.75, 3.05) is 36.0 Å². The van der Waals surface area contributed by atoms with E-state index < -0.39 is 6.03 Å². The second-order valence-electron chi connectivity index (χ2n) is 8.35. The Morgan fingerprint density at radius 1 is 1.00 bits per heavy atom. The zero-order valence-electron chi connectivity index (χ0n) is 20.6. The highest BCUT2D eigenvalue weighted by Gasteiger charge is 2.17. The highest BCUT2D eigenvalue weighted by atomic mass is 19.1. The first-order valence-electron chi connectivity index (χ1n) is 12.1. The van der Waals surface area contributed by atoms with Crippen molar-refractivity contribution in [1.82, 2.24) is 15.2 Å². The lowest BCUT2D eigenvalue weighted by Gasteiger charge is -2.22. The van der Waals surface area contributed by atoms with Crippen LogP contribution in [0.3, 0.4) is 0 Å². The van der Waals surface area contributed by atoms with E-state index in [0.717, 1.165) is 31.6 Å². The molecule has 5 N–H and O–H groups in total. The van der Waals surface area contributed by atoms with Crippen molar-refractivity contribution in [3.8, 4) is 0 Å². The second kappa shape index (κ2) is 13.2. The first-order valence-corrected chi connectivity index (χ1v) is 12.1. The first kappa shape index (κ1) is 26.6. The van der Waals surface area contributed by atoms with Gasteiger partial charge in [-0.1, -0.05) is 32.0 Å². The van der Waals surface area contributed by atoms with Gasteiger partial charge in [0.15, 0.2) is 0 Å². The number of carbonyl (C=O) groups excluding carboxylic acids is 2. The minimum atomic E-state index is -0.407. The van der Waals surface area contributed by atoms with Crippen LogP contribution < -0.4 is 21.7 Å². The van der Waals surface area contributed by atoms with Crippen LogP contribution in [0.15, 0.2) is 66.9 Å². The van der Waals surface area contributed by atoms with Crippen molar-refractivity contribution in [3.05, 3.63) is 83.9 Å². The third-order valence-electron chi connectivity index (χ3n) is 5.90. The molecule has 3 aromatic rings. The van der Waals surface area contributed by atoms with Crippen LogP contribution in [0.1, 0.15) is 48.8 Å². The number of benzene rings is 2. The maximum absolute atomic E-state index is 13.2. The molecular weight excluding hydrogens is 459 g/mol. The molecule has 1 unspecified atom stereocenters. The number of nitrogens with two attached hydrogens (primary N) is 1. The van der Waals surface area contributed by atoms with Crippen LogP contribution in [-0.4, -0.2) is 41.5 Å². The van der Waals surface area contributed by atoms with Crippen LogP contribution >= 0.6 is 0 Å². The van der Waals surface area contributed by atoms with Gasteiger partial charge in [-0.05, 0) is 80.5 Å². The fourth-order valence-corrected chi connectivity index (χ4v) is 3.78. The molecule has 0 saturated heterocycles. The number of halogens is 1. The van der Waals surface area contributed by atoms with Gasteiger partial charge in [-0.15, -0.1) is 0 Å². The second-order valence-corrected chi connectivity index (χ2v) is 8.35. The number of hydrogen-bond donors (Lipinski definition) is 4. The molecule has 9 heteroatoms. The number of amides is 3. The summed E-state index contributed by atoms with van der Waals surface area (Å²) in [6, 6.07) is 15.3. The lowest BCUT2D eigenvalue weighted by atomic mass is 10.0. The predicted molar refractivity (Wildman–Crippen MR) is 141 cm³/mol. The third kappa shape index (κ3) is 7.78. The Labute approximate surface area is 211 Å². The van der Waals surface area contributed by atoms with Gasteiger partial charge in [-0.3, -0.25) is 9.78 Å². The molecule has 0 aliphatic heterocycles. The number of para-hydroxylation sites is 2. The summed E-state index contributed by atoms with van der Waals surface area (Å²) in [5.74, 6) is -0.750. The number of nitrogens with one attached hydrogen (secondary N) is 3. The average Bonchev–Trinajstić information content (AvgIpc) is 2.88. The molecular formula is C27H33FN6O2. The Kier molecular flexibility index (Phi) is 9.76. The largest absolute Gasteiger partial charge is 0.397 e.